The zero-order valence-electron chi connectivity index (χ0n) is 18.4. The molecule has 0 fully saturated rings. The van der Waals surface area contributed by atoms with Crippen molar-refractivity contribution >= 4 is 28.5 Å². The summed E-state index contributed by atoms with van der Waals surface area (Å²) >= 11 is 0. The smallest absolute Gasteiger partial charge is 0.273 e. The van der Waals surface area contributed by atoms with E-state index < -0.39 is 17.3 Å². The first-order valence-corrected chi connectivity index (χ1v) is 10.6. The number of amides is 2. The standard InChI is InChI=1S/C24H27FN4O3/c1-15(2)13-26-22(30)11-10-20-24(32)29(21-7-5-4-6-19(21)28-20)14-23(31)27-17-9-8-16(3)18(25)12-17/h4-9,12,15H,10-11,13-14H2,1-3H3,(H,26,30)(H,27,31). The number of fused-ring (bicyclic) bond motifs is 1. The molecule has 3 aromatic rings. The van der Waals surface area contributed by atoms with Crippen molar-refractivity contribution in [2.24, 2.45) is 5.92 Å². The molecule has 2 N–H and O–H groups in total. The predicted molar refractivity (Wildman–Crippen MR) is 122 cm³/mol. The molecule has 8 heteroatoms. The van der Waals surface area contributed by atoms with Gasteiger partial charge in [-0.2, -0.15) is 0 Å². The average Bonchev–Trinajstić information content (AvgIpc) is 2.75. The Bertz CT molecular complexity index is 1200. The first-order valence-electron chi connectivity index (χ1n) is 10.6. The van der Waals surface area contributed by atoms with Gasteiger partial charge in [-0.1, -0.05) is 32.0 Å². The van der Waals surface area contributed by atoms with Crippen molar-refractivity contribution in [1.82, 2.24) is 14.9 Å². The Morgan fingerprint density at radius 1 is 1.12 bits per heavy atom. The third-order valence-corrected chi connectivity index (χ3v) is 4.97. The highest BCUT2D eigenvalue weighted by Gasteiger charge is 2.15. The van der Waals surface area contributed by atoms with Crippen molar-refractivity contribution in [2.45, 2.75) is 40.2 Å². The first kappa shape index (κ1) is 23.1. The Balaban J connectivity index is 1.82. The van der Waals surface area contributed by atoms with E-state index in [1.54, 1.807) is 43.3 Å². The van der Waals surface area contributed by atoms with Crippen molar-refractivity contribution in [3.05, 3.63) is 69.9 Å². The van der Waals surface area contributed by atoms with Crippen LogP contribution in [0.15, 0.2) is 47.3 Å². The van der Waals surface area contributed by atoms with E-state index in [1.165, 1.54) is 10.6 Å². The fourth-order valence-corrected chi connectivity index (χ4v) is 3.22. The van der Waals surface area contributed by atoms with E-state index >= 15 is 0 Å². The van der Waals surface area contributed by atoms with Gasteiger partial charge in [-0.15, -0.1) is 0 Å². The minimum absolute atomic E-state index is 0.127. The molecule has 2 amide bonds. The van der Waals surface area contributed by atoms with E-state index in [1.807, 2.05) is 13.8 Å². The molecule has 0 unspecified atom stereocenters. The summed E-state index contributed by atoms with van der Waals surface area (Å²) in [6.45, 7) is 5.94. The van der Waals surface area contributed by atoms with Gasteiger partial charge in [0.1, 0.15) is 18.1 Å². The normalized spacial score (nSPS) is 11.0. The van der Waals surface area contributed by atoms with E-state index in [0.717, 1.165) is 0 Å². The van der Waals surface area contributed by atoms with Gasteiger partial charge in [-0.3, -0.25) is 19.0 Å². The second-order valence-electron chi connectivity index (χ2n) is 8.15. The highest BCUT2D eigenvalue weighted by atomic mass is 19.1. The highest BCUT2D eigenvalue weighted by molar-refractivity contribution is 5.91. The lowest BCUT2D eigenvalue weighted by molar-refractivity contribution is -0.121. The third kappa shape index (κ3) is 5.78. The second-order valence-corrected chi connectivity index (χ2v) is 8.15. The molecular formula is C24H27FN4O3. The molecule has 0 aliphatic carbocycles. The molecule has 0 saturated heterocycles. The number of hydrogen-bond donors (Lipinski definition) is 2. The summed E-state index contributed by atoms with van der Waals surface area (Å²) in [7, 11) is 0. The van der Waals surface area contributed by atoms with Crippen molar-refractivity contribution in [3.8, 4) is 0 Å². The number of benzene rings is 2. The Labute approximate surface area is 185 Å². The molecule has 0 aliphatic rings. The van der Waals surface area contributed by atoms with E-state index in [2.05, 4.69) is 15.6 Å². The molecule has 0 atom stereocenters. The van der Waals surface area contributed by atoms with Gasteiger partial charge in [0.05, 0.1) is 11.0 Å². The van der Waals surface area contributed by atoms with E-state index in [4.69, 9.17) is 0 Å². The largest absolute Gasteiger partial charge is 0.356 e. The molecular weight excluding hydrogens is 411 g/mol. The molecule has 3 rings (SSSR count). The van der Waals surface area contributed by atoms with Crippen LogP contribution in [0.1, 0.15) is 31.5 Å². The Morgan fingerprint density at radius 3 is 2.59 bits per heavy atom. The summed E-state index contributed by atoms with van der Waals surface area (Å²) in [6, 6.07) is 11.4. The number of aryl methyl sites for hydroxylation is 2. The fourth-order valence-electron chi connectivity index (χ4n) is 3.22. The number of nitrogens with one attached hydrogen (secondary N) is 2. The van der Waals surface area contributed by atoms with Gasteiger partial charge in [0.15, 0.2) is 0 Å². The van der Waals surface area contributed by atoms with E-state index in [-0.39, 0.29) is 31.0 Å². The number of carbonyl (C=O) groups is 2. The lowest BCUT2D eigenvalue weighted by Crippen LogP contribution is -2.32. The van der Waals surface area contributed by atoms with Gasteiger partial charge in [0.25, 0.3) is 5.56 Å². The van der Waals surface area contributed by atoms with Crippen LogP contribution in [-0.4, -0.2) is 27.9 Å². The van der Waals surface area contributed by atoms with Crippen LogP contribution in [0.5, 0.6) is 0 Å². The zero-order chi connectivity index (χ0) is 23.3. The maximum absolute atomic E-state index is 13.8. The van der Waals surface area contributed by atoms with Crippen LogP contribution in [-0.2, 0) is 22.6 Å². The molecule has 0 aliphatic heterocycles. The Morgan fingerprint density at radius 2 is 1.88 bits per heavy atom. The minimum Gasteiger partial charge on any atom is -0.356 e. The molecule has 0 spiro atoms. The summed E-state index contributed by atoms with van der Waals surface area (Å²) in [6.07, 6.45) is 0.292. The van der Waals surface area contributed by atoms with Crippen LogP contribution in [0.25, 0.3) is 11.0 Å². The summed E-state index contributed by atoms with van der Waals surface area (Å²) in [5, 5.41) is 5.45. The summed E-state index contributed by atoms with van der Waals surface area (Å²) < 4.78 is 15.1. The molecule has 0 bridgehead atoms. The van der Waals surface area contributed by atoms with Crippen LogP contribution in [0.2, 0.25) is 0 Å². The first-order chi connectivity index (χ1) is 15.2. The molecule has 0 saturated carbocycles. The topological polar surface area (TPSA) is 93.1 Å². The summed E-state index contributed by atoms with van der Waals surface area (Å²) in [5.41, 5.74) is 1.64. The van der Waals surface area contributed by atoms with Crippen LogP contribution in [0.4, 0.5) is 10.1 Å². The number of rotatable bonds is 8. The predicted octanol–water partition coefficient (Wildman–Crippen LogP) is 3.19. The quantitative estimate of drug-likeness (QED) is 0.565. The SMILES string of the molecule is Cc1ccc(NC(=O)Cn2c(=O)c(CCC(=O)NCC(C)C)nc3ccccc32)cc1F. The molecule has 2 aromatic carbocycles. The Hall–Kier alpha value is -3.55. The number of nitrogens with zero attached hydrogens (tertiary/aromatic N) is 2. The van der Waals surface area contributed by atoms with Crippen LogP contribution in [0.3, 0.4) is 0 Å². The lowest BCUT2D eigenvalue weighted by atomic mass is 10.2. The molecule has 7 nitrogen and oxygen atoms in total. The molecule has 32 heavy (non-hydrogen) atoms. The summed E-state index contributed by atoms with van der Waals surface area (Å²) in [5.74, 6) is -0.714. The third-order valence-electron chi connectivity index (χ3n) is 4.97. The van der Waals surface area contributed by atoms with Crippen LogP contribution in [0, 0.1) is 18.7 Å². The average molecular weight is 439 g/mol. The van der Waals surface area contributed by atoms with E-state index in [9.17, 15) is 18.8 Å². The van der Waals surface area contributed by atoms with Gasteiger partial charge in [-0.05, 0) is 42.7 Å². The lowest BCUT2D eigenvalue weighted by Gasteiger charge is -2.13. The van der Waals surface area contributed by atoms with Crippen LogP contribution < -0.4 is 16.2 Å². The highest BCUT2D eigenvalue weighted by Crippen LogP contribution is 2.15. The van der Waals surface area contributed by atoms with Crippen molar-refractivity contribution in [2.75, 3.05) is 11.9 Å². The number of para-hydroxylation sites is 2. The van der Waals surface area contributed by atoms with Gasteiger partial charge in [0, 0.05) is 25.1 Å². The van der Waals surface area contributed by atoms with Crippen LogP contribution >= 0.6 is 0 Å². The number of halogens is 1. The zero-order valence-corrected chi connectivity index (χ0v) is 18.4. The number of anilines is 1. The molecule has 1 heterocycles. The van der Waals surface area contributed by atoms with E-state index in [0.29, 0.717) is 34.7 Å². The number of hydrogen-bond acceptors (Lipinski definition) is 4. The minimum atomic E-state index is -0.465. The Kier molecular flexibility index (Phi) is 7.35. The van der Waals surface area contributed by atoms with Gasteiger partial charge >= 0.3 is 0 Å². The second kappa shape index (κ2) is 10.2. The maximum atomic E-state index is 13.8. The molecule has 168 valence electrons. The van der Waals surface area contributed by atoms with Crippen molar-refractivity contribution in [1.29, 1.82) is 0 Å². The van der Waals surface area contributed by atoms with Crippen molar-refractivity contribution in [3.63, 3.8) is 0 Å². The monoisotopic (exact) mass is 438 g/mol. The van der Waals surface area contributed by atoms with Gasteiger partial charge in [0.2, 0.25) is 11.8 Å². The summed E-state index contributed by atoms with van der Waals surface area (Å²) in [4.78, 5) is 42.2. The fraction of sp³-hybridized carbons (Fsp3) is 0.333. The maximum Gasteiger partial charge on any atom is 0.273 e. The van der Waals surface area contributed by atoms with Crippen molar-refractivity contribution < 1.29 is 14.0 Å². The molecule has 0 radical (unpaired) electrons. The number of aromatic nitrogens is 2. The van der Waals surface area contributed by atoms with Gasteiger partial charge < -0.3 is 10.6 Å². The molecule has 1 aromatic heterocycles. The van der Waals surface area contributed by atoms with Gasteiger partial charge in [-0.25, -0.2) is 9.37 Å². The number of carbonyl (C=O) groups excluding carboxylic acids is 2.